The quantitative estimate of drug-likeness (QED) is 0.116. The molecule has 17 N–H and O–H groups in total. The second-order valence-electron chi connectivity index (χ2n) is 10.3. The fourth-order valence-electron chi connectivity index (χ4n) is 5.03. The van der Waals surface area contributed by atoms with Crippen LogP contribution < -0.4 is 34.0 Å². The zero-order chi connectivity index (χ0) is 29.0. The monoisotopic (exact) mass is 568 g/mol. The van der Waals surface area contributed by atoms with Crippen LogP contribution in [0.25, 0.3) is 0 Å². The number of nitrogens with one attached hydrogen (secondary N) is 1. The van der Waals surface area contributed by atoms with Crippen molar-refractivity contribution in [2.45, 2.75) is 111 Å². The van der Waals surface area contributed by atoms with Gasteiger partial charge in [-0.2, -0.15) is 0 Å². The van der Waals surface area contributed by atoms with E-state index < -0.39 is 98.1 Å². The third-order valence-electron chi connectivity index (χ3n) is 7.50. The Morgan fingerprint density at radius 2 is 1.56 bits per heavy atom. The van der Waals surface area contributed by atoms with Gasteiger partial charge in [0.05, 0.1) is 43.0 Å². The highest BCUT2D eigenvalue weighted by molar-refractivity contribution is 5.81. The lowest BCUT2D eigenvalue weighted by Crippen LogP contribution is -2.74. The molecular formula is C22H44N6O11. The Kier molecular flexibility index (Phi) is 11.8. The average molecular weight is 569 g/mol. The van der Waals surface area contributed by atoms with Crippen molar-refractivity contribution in [2.75, 3.05) is 19.7 Å². The minimum Gasteiger partial charge on any atom is -0.394 e. The van der Waals surface area contributed by atoms with Crippen LogP contribution >= 0.6 is 0 Å². The highest BCUT2D eigenvalue weighted by atomic mass is 16.7. The highest BCUT2D eigenvalue weighted by Gasteiger charge is 2.54. The minimum absolute atomic E-state index is 0.00387. The van der Waals surface area contributed by atoms with Crippen molar-refractivity contribution in [3.05, 3.63) is 0 Å². The molecule has 17 nitrogen and oxygen atoms in total. The van der Waals surface area contributed by atoms with Crippen molar-refractivity contribution >= 4 is 5.91 Å². The Balaban J connectivity index is 1.88. The molecular weight excluding hydrogens is 524 g/mol. The van der Waals surface area contributed by atoms with Crippen LogP contribution in [0.3, 0.4) is 0 Å². The van der Waals surface area contributed by atoms with Gasteiger partial charge in [0.15, 0.2) is 12.6 Å². The molecule has 0 bridgehead atoms. The number of carbonyl (C=O) groups excluding carboxylic acids is 1. The van der Waals surface area contributed by atoms with Gasteiger partial charge in [-0.3, -0.25) is 4.79 Å². The molecule has 2 saturated heterocycles. The second-order valence-corrected chi connectivity index (χ2v) is 10.3. The Hall–Kier alpha value is -1.13. The first-order valence-corrected chi connectivity index (χ1v) is 13.0. The van der Waals surface area contributed by atoms with Crippen molar-refractivity contribution in [3.8, 4) is 0 Å². The summed E-state index contributed by atoms with van der Waals surface area (Å²) < 4.78 is 23.0. The first-order chi connectivity index (χ1) is 18.4. The van der Waals surface area contributed by atoms with Crippen LogP contribution in [0.15, 0.2) is 0 Å². The Morgan fingerprint density at radius 1 is 0.897 bits per heavy atom. The molecule has 2 aliphatic heterocycles. The maximum Gasteiger partial charge on any atom is 0.249 e. The average Bonchev–Trinajstić information content (AvgIpc) is 2.92. The molecule has 3 fully saturated rings. The summed E-state index contributed by atoms with van der Waals surface area (Å²) in [5.41, 5.74) is 29.4. The molecule has 1 saturated carbocycles. The summed E-state index contributed by atoms with van der Waals surface area (Å²) in [4.78, 5) is 12.6. The molecule has 15 atom stereocenters. The lowest BCUT2D eigenvalue weighted by molar-refractivity contribution is -0.319. The lowest BCUT2D eigenvalue weighted by atomic mass is 9.81. The number of ether oxygens (including phenoxy) is 4. The van der Waals surface area contributed by atoms with Crippen molar-refractivity contribution in [1.29, 1.82) is 0 Å². The summed E-state index contributed by atoms with van der Waals surface area (Å²) in [6.45, 7) is -0.469. The SMILES string of the molecule is NCC[C@H](O)C(=O)N[C@@H]1C(O)[C@H](N)C(O[C@H]2O[C@@H](CN)CCC2N)C(O)[C@H]1O[C@H]1OC(CO)[C@@H](O)[C@H](N)C1O. The van der Waals surface area contributed by atoms with Crippen LogP contribution in [-0.4, -0.2) is 148 Å². The molecule has 0 spiro atoms. The molecule has 0 aromatic rings. The minimum atomic E-state index is -1.68. The van der Waals surface area contributed by atoms with Crippen LogP contribution in [0.4, 0.5) is 0 Å². The number of rotatable bonds is 10. The van der Waals surface area contributed by atoms with Gasteiger partial charge in [-0.25, -0.2) is 0 Å². The smallest absolute Gasteiger partial charge is 0.249 e. The number of aliphatic hydroxyl groups excluding tert-OH is 6. The summed E-state index contributed by atoms with van der Waals surface area (Å²) in [5.74, 6) is -0.925. The zero-order valence-corrected chi connectivity index (χ0v) is 21.5. The van der Waals surface area contributed by atoms with E-state index in [1.807, 2.05) is 0 Å². The van der Waals surface area contributed by atoms with Crippen molar-refractivity contribution in [2.24, 2.45) is 28.7 Å². The van der Waals surface area contributed by atoms with Gasteiger partial charge in [-0.1, -0.05) is 0 Å². The molecule has 0 aromatic heterocycles. The summed E-state index contributed by atoms with van der Waals surface area (Å²) in [7, 11) is 0. The number of carbonyl (C=O) groups is 1. The third-order valence-corrected chi connectivity index (χ3v) is 7.50. The summed E-state index contributed by atoms with van der Waals surface area (Å²) >= 11 is 0. The first kappa shape index (κ1) is 32.4. The number of hydrogen-bond acceptors (Lipinski definition) is 16. The van der Waals surface area contributed by atoms with Gasteiger partial charge in [-0.05, 0) is 25.8 Å². The molecule has 2 heterocycles. The van der Waals surface area contributed by atoms with Crippen molar-refractivity contribution in [3.63, 3.8) is 0 Å². The molecule has 3 aliphatic rings. The maximum atomic E-state index is 12.6. The van der Waals surface area contributed by atoms with E-state index in [4.69, 9.17) is 47.6 Å². The van der Waals surface area contributed by atoms with E-state index in [2.05, 4.69) is 5.32 Å². The Labute approximate surface area is 225 Å². The summed E-state index contributed by atoms with van der Waals surface area (Å²) in [6, 6.07) is -4.65. The van der Waals surface area contributed by atoms with Gasteiger partial charge in [0.1, 0.15) is 42.7 Å². The number of aliphatic hydroxyl groups is 6. The lowest BCUT2D eigenvalue weighted by Gasteiger charge is -2.50. The number of hydrogen-bond donors (Lipinski definition) is 12. The molecule has 17 heteroatoms. The molecule has 1 aliphatic carbocycles. The normalized spacial score (nSPS) is 46.0. The molecule has 3 rings (SSSR count). The highest BCUT2D eigenvalue weighted by Crippen LogP contribution is 2.31. The van der Waals surface area contributed by atoms with E-state index >= 15 is 0 Å². The molecule has 0 radical (unpaired) electrons. The fraction of sp³-hybridized carbons (Fsp3) is 0.955. The van der Waals surface area contributed by atoms with Crippen molar-refractivity contribution in [1.82, 2.24) is 5.32 Å². The standard InChI is InChI=1S/C22H44N6O11/c23-4-3-9(30)20(35)28-13-15(32)12(27)18(38-21-8(25)2-1-7(5-24)36-21)17(34)19(13)39-22-16(33)11(26)14(31)10(6-29)37-22/h7-19,21-22,29-34H,1-6,23-27H2,(H,28,35)/t7-,8?,9+,10?,11+,12+,13-,14-,15?,16?,17?,18?,19+,21-,22-/m1/s1. The number of amides is 1. The van der Waals surface area contributed by atoms with E-state index in [1.165, 1.54) is 0 Å². The predicted molar refractivity (Wildman–Crippen MR) is 132 cm³/mol. The van der Waals surface area contributed by atoms with Crippen LogP contribution in [0.5, 0.6) is 0 Å². The first-order valence-electron chi connectivity index (χ1n) is 13.0. The van der Waals surface area contributed by atoms with E-state index in [1.54, 1.807) is 0 Å². The third kappa shape index (κ3) is 7.21. The zero-order valence-electron chi connectivity index (χ0n) is 21.5. The van der Waals surface area contributed by atoms with Gasteiger partial charge in [0.25, 0.3) is 0 Å². The summed E-state index contributed by atoms with van der Waals surface area (Å²) in [5, 5.41) is 65.3. The van der Waals surface area contributed by atoms with Crippen LogP contribution in [0.1, 0.15) is 19.3 Å². The van der Waals surface area contributed by atoms with E-state index in [9.17, 15) is 35.4 Å². The second kappa shape index (κ2) is 14.2. The fourth-order valence-corrected chi connectivity index (χ4v) is 5.03. The Morgan fingerprint density at radius 3 is 2.18 bits per heavy atom. The van der Waals surface area contributed by atoms with Crippen LogP contribution in [0, 0.1) is 0 Å². The van der Waals surface area contributed by atoms with Crippen molar-refractivity contribution < 1.29 is 54.4 Å². The van der Waals surface area contributed by atoms with Crippen LogP contribution in [0.2, 0.25) is 0 Å². The molecule has 0 aromatic carbocycles. The molecule has 39 heavy (non-hydrogen) atoms. The molecule has 6 unspecified atom stereocenters. The van der Waals surface area contributed by atoms with Gasteiger partial charge < -0.3 is 83.6 Å². The van der Waals surface area contributed by atoms with Crippen LogP contribution in [-0.2, 0) is 23.7 Å². The number of nitrogens with two attached hydrogens (primary N) is 5. The largest absolute Gasteiger partial charge is 0.394 e. The van der Waals surface area contributed by atoms with E-state index in [0.717, 1.165) is 0 Å². The predicted octanol–water partition coefficient (Wildman–Crippen LogP) is -7.43. The van der Waals surface area contributed by atoms with Gasteiger partial charge in [0.2, 0.25) is 5.91 Å². The Bertz CT molecular complexity index is 787. The van der Waals surface area contributed by atoms with E-state index in [-0.39, 0.29) is 25.6 Å². The molecule has 228 valence electrons. The van der Waals surface area contributed by atoms with Gasteiger partial charge in [0, 0.05) is 6.54 Å². The summed E-state index contributed by atoms with van der Waals surface area (Å²) in [6.07, 6.45) is -14.1. The molecule has 1 amide bonds. The van der Waals surface area contributed by atoms with Gasteiger partial charge >= 0.3 is 0 Å². The van der Waals surface area contributed by atoms with E-state index in [0.29, 0.717) is 12.8 Å². The maximum absolute atomic E-state index is 12.6. The van der Waals surface area contributed by atoms with Gasteiger partial charge in [-0.15, -0.1) is 0 Å². The topological polar surface area (TPSA) is 317 Å².